The predicted octanol–water partition coefficient (Wildman–Crippen LogP) is 4.10. The maximum atomic E-state index is 13.6. The van der Waals surface area contributed by atoms with Crippen LogP contribution in [0.3, 0.4) is 0 Å². The highest BCUT2D eigenvalue weighted by Crippen LogP contribution is 2.21. The molecule has 0 aliphatic rings. The maximum Gasteiger partial charge on any atom is 0.128 e. The summed E-state index contributed by atoms with van der Waals surface area (Å²) in [7, 11) is 0. The van der Waals surface area contributed by atoms with Gasteiger partial charge in [0.15, 0.2) is 0 Å². The standard InChI is InChI=1S/C14H22FN/c1-3-4-5-6-7-14(16)12-9-8-11(2)10-13(12)15/h8-10,14H,3-7,16H2,1-2H3. The number of halogens is 1. The molecule has 0 radical (unpaired) electrons. The van der Waals surface area contributed by atoms with E-state index >= 15 is 0 Å². The third-order valence-corrected chi connectivity index (χ3v) is 2.92. The van der Waals surface area contributed by atoms with E-state index in [4.69, 9.17) is 5.73 Å². The molecule has 2 heteroatoms. The van der Waals surface area contributed by atoms with E-state index in [1.165, 1.54) is 19.3 Å². The van der Waals surface area contributed by atoms with Crippen LogP contribution in [0.4, 0.5) is 4.39 Å². The lowest BCUT2D eigenvalue weighted by Gasteiger charge is -2.13. The van der Waals surface area contributed by atoms with Crippen LogP contribution in [-0.4, -0.2) is 0 Å². The van der Waals surface area contributed by atoms with Gasteiger partial charge in [0, 0.05) is 11.6 Å². The van der Waals surface area contributed by atoms with Gasteiger partial charge in [0.2, 0.25) is 0 Å². The summed E-state index contributed by atoms with van der Waals surface area (Å²) < 4.78 is 13.6. The highest BCUT2D eigenvalue weighted by atomic mass is 19.1. The van der Waals surface area contributed by atoms with Gasteiger partial charge in [-0.05, 0) is 25.0 Å². The van der Waals surface area contributed by atoms with Gasteiger partial charge in [-0.3, -0.25) is 0 Å². The van der Waals surface area contributed by atoms with Crippen molar-refractivity contribution in [1.29, 1.82) is 0 Å². The molecule has 0 spiro atoms. The molecule has 1 aromatic rings. The van der Waals surface area contributed by atoms with Crippen LogP contribution < -0.4 is 5.73 Å². The molecular weight excluding hydrogens is 201 g/mol. The fourth-order valence-corrected chi connectivity index (χ4v) is 1.88. The first-order valence-electron chi connectivity index (χ1n) is 6.16. The zero-order chi connectivity index (χ0) is 12.0. The molecule has 1 rings (SSSR count). The Morgan fingerprint density at radius 2 is 2.00 bits per heavy atom. The summed E-state index contributed by atoms with van der Waals surface area (Å²) in [4.78, 5) is 0. The molecule has 1 atom stereocenters. The fourth-order valence-electron chi connectivity index (χ4n) is 1.88. The third-order valence-electron chi connectivity index (χ3n) is 2.92. The predicted molar refractivity (Wildman–Crippen MR) is 66.8 cm³/mol. The van der Waals surface area contributed by atoms with E-state index in [0.717, 1.165) is 18.4 Å². The molecule has 0 saturated heterocycles. The van der Waals surface area contributed by atoms with Gasteiger partial charge in [0.05, 0.1) is 0 Å². The SMILES string of the molecule is CCCCCCC(N)c1ccc(C)cc1F. The Kier molecular flexibility index (Phi) is 5.47. The summed E-state index contributed by atoms with van der Waals surface area (Å²) in [6, 6.07) is 5.14. The smallest absolute Gasteiger partial charge is 0.128 e. The van der Waals surface area contributed by atoms with Crippen LogP contribution in [0.15, 0.2) is 18.2 Å². The minimum Gasteiger partial charge on any atom is -0.324 e. The van der Waals surface area contributed by atoms with E-state index < -0.39 is 0 Å². The molecule has 1 nitrogen and oxygen atoms in total. The first-order valence-corrected chi connectivity index (χ1v) is 6.16. The molecule has 1 aromatic carbocycles. The van der Waals surface area contributed by atoms with Crippen LogP contribution in [0.5, 0.6) is 0 Å². The Morgan fingerprint density at radius 1 is 1.25 bits per heavy atom. The molecule has 0 aromatic heterocycles. The molecule has 0 aliphatic heterocycles. The van der Waals surface area contributed by atoms with Gasteiger partial charge < -0.3 is 5.73 Å². The lowest BCUT2D eigenvalue weighted by molar-refractivity contribution is 0.531. The number of benzene rings is 1. The summed E-state index contributed by atoms with van der Waals surface area (Å²) in [5.74, 6) is -0.164. The first kappa shape index (κ1) is 13.2. The molecule has 0 amide bonds. The second-order valence-electron chi connectivity index (χ2n) is 4.48. The van der Waals surface area contributed by atoms with E-state index in [0.29, 0.717) is 5.56 Å². The normalized spacial score (nSPS) is 12.8. The van der Waals surface area contributed by atoms with Crippen molar-refractivity contribution in [3.63, 3.8) is 0 Å². The van der Waals surface area contributed by atoms with Gasteiger partial charge in [0.25, 0.3) is 0 Å². The number of rotatable bonds is 6. The third kappa shape index (κ3) is 3.93. The lowest BCUT2D eigenvalue weighted by atomic mass is 9.99. The molecule has 90 valence electrons. The van der Waals surface area contributed by atoms with E-state index in [2.05, 4.69) is 6.92 Å². The van der Waals surface area contributed by atoms with Gasteiger partial charge in [-0.15, -0.1) is 0 Å². The van der Waals surface area contributed by atoms with E-state index in [1.807, 2.05) is 19.1 Å². The van der Waals surface area contributed by atoms with Crippen molar-refractivity contribution in [3.05, 3.63) is 35.1 Å². The molecule has 2 N–H and O–H groups in total. The number of nitrogens with two attached hydrogens (primary N) is 1. The van der Waals surface area contributed by atoms with Crippen LogP contribution in [0.2, 0.25) is 0 Å². The maximum absolute atomic E-state index is 13.6. The van der Waals surface area contributed by atoms with Crippen LogP contribution in [0.1, 0.15) is 56.2 Å². The van der Waals surface area contributed by atoms with Crippen LogP contribution >= 0.6 is 0 Å². The molecule has 0 heterocycles. The Labute approximate surface area is 97.9 Å². The Morgan fingerprint density at radius 3 is 2.62 bits per heavy atom. The zero-order valence-electron chi connectivity index (χ0n) is 10.3. The highest BCUT2D eigenvalue weighted by Gasteiger charge is 2.10. The largest absolute Gasteiger partial charge is 0.324 e. The molecular formula is C14H22FN. The molecule has 0 aliphatic carbocycles. The quantitative estimate of drug-likeness (QED) is 0.722. The van der Waals surface area contributed by atoms with Crippen molar-refractivity contribution in [1.82, 2.24) is 0 Å². The van der Waals surface area contributed by atoms with Gasteiger partial charge in [-0.1, -0.05) is 44.7 Å². The summed E-state index contributed by atoms with van der Waals surface area (Å²) >= 11 is 0. The Hall–Kier alpha value is -0.890. The summed E-state index contributed by atoms with van der Waals surface area (Å²) in [6.45, 7) is 4.07. The fraction of sp³-hybridized carbons (Fsp3) is 0.571. The summed E-state index contributed by atoms with van der Waals surface area (Å²) in [5, 5.41) is 0. The monoisotopic (exact) mass is 223 g/mol. The second-order valence-corrected chi connectivity index (χ2v) is 4.48. The topological polar surface area (TPSA) is 26.0 Å². The summed E-state index contributed by atoms with van der Waals surface area (Å²) in [6.07, 6.45) is 5.61. The molecule has 0 bridgehead atoms. The van der Waals surface area contributed by atoms with Crippen molar-refractivity contribution < 1.29 is 4.39 Å². The van der Waals surface area contributed by atoms with Gasteiger partial charge in [0.1, 0.15) is 5.82 Å². The van der Waals surface area contributed by atoms with Crippen molar-refractivity contribution in [2.45, 2.75) is 52.0 Å². The van der Waals surface area contributed by atoms with Crippen LogP contribution in [0.25, 0.3) is 0 Å². The second kappa shape index (κ2) is 6.64. The number of hydrogen-bond donors (Lipinski definition) is 1. The van der Waals surface area contributed by atoms with Gasteiger partial charge in [-0.25, -0.2) is 4.39 Å². The average Bonchev–Trinajstić information content (AvgIpc) is 2.24. The zero-order valence-corrected chi connectivity index (χ0v) is 10.3. The van der Waals surface area contributed by atoms with E-state index in [1.54, 1.807) is 6.07 Å². The minimum atomic E-state index is -0.164. The van der Waals surface area contributed by atoms with Crippen LogP contribution in [-0.2, 0) is 0 Å². The molecule has 0 fully saturated rings. The Balaban J connectivity index is 2.49. The van der Waals surface area contributed by atoms with Crippen molar-refractivity contribution in [3.8, 4) is 0 Å². The molecule has 1 unspecified atom stereocenters. The number of unbranched alkanes of at least 4 members (excludes halogenated alkanes) is 3. The average molecular weight is 223 g/mol. The van der Waals surface area contributed by atoms with E-state index in [9.17, 15) is 4.39 Å². The highest BCUT2D eigenvalue weighted by molar-refractivity contribution is 5.25. The summed E-state index contributed by atoms with van der Waals surface area (Å²) in [5.41, 5.74) is 7.59. The number of aryl methyl sites for hydroxylation is 1. The lowest BCUT2D eigenvalue weighted by Crippen LogP contribution is -2.12. The van der Waals surface area contributed by atoms with Crippen molar-refractivity contribution in [2.24, 2.45) is 5.73 Å². The van der Waals surface area contributed by atoms with Gasteiger partial charge in [-0.2, -0.15) is 0 Å². The number of hydrogen-bond acceptors (Lipinski definition) is 1. The van der Waals surface area contributed by atoms with Crippen molar-refractivity contribution >= 4 is 0 Å². The minimum absolute atomic E-state index is 0.155. The van der Waals surface area contributed by atoms with Crippen molar-refractivity contribution in [2.75, 3.05) is 0 Å². The molecule has 0 saturated carbocycles. The van der Waals surface area contributed by atoms with Crippen LogP contribution in [0, 0.1) is 12.7 Å². The first-order chi connectivity index (χ1) is 7.65. The van der Waals surface area contributed by atoms with E-state index in [-0.39, 0.29) is 11.9 Å². The molecule has 16 heavy (non-hydrogen) atoms. The van der Waals surface area contributed by atoms with Gasteiger partial charge >= 0.3 is 0 Å². The Bertz CT molecular complexity index is 323.